The molecule has 0 aliphatic carbocycles. The van der Waals surface area contributed by atoms with Crippen LogP contribution in [0.25, 0.3) is 32.9 Å². The van der Waals surface area contributed by atoms with E-state index < -0.39 is 20.0 Å². The number of phosphoric acid groups is 1. The van der Waals surface area contributed by atoms with Crippen LogP contribution in [0.4, 0.5) is 21.0 Å². The van der Waals surface area contributed by atoms with Crippen molar-refractivity contribution in [3.05, 3.63) is 133 Å². The van der Waals surface area contributed by atoms with Gasteiger partial charge in [-0.05, 0) is 61.0 Å². The van der Waals surface area contributed by atoms with Gasteiger partial charge in [-0.1, -0.05) is 72.8 Å². The van der Waals surface area contributed by atoms with Gasteiger partial charge in [0.1, 0.15) is 18.9 Å². The van der Waals surface area contributed by atoms with E-state index in [1.165, 1.54) is 0 Å². The summed E-state index contributed by atoms with van der Waals surface area (Å²) in [6.45, 7) is 2.95. The molecule has 4 N–H and O–H groups in total. The molecule has 6 aromatic rings. The van der Waals surface area contributed by atoms with Gasteiger partial charge >= 0.3 is 12.2 Å². The van der Waals surface area contributed by atoms with E-state index in [0.29, 0.717) is 23.7 Å². The number of rotatable bonds is 7. The lowest BCUT2D eigenvalue weighted by Gasteiger charge is -2.14. The Labute approximate surface area is 276 Å². The van der Waals surface area contributed by atoms with Crippen LogP contribution in [-0.2, 0) is 22.5 Å². The fraction of sp³-hybridized carbons (Fsp3) is 0.0833. The molecule has 1 heterocycles. The Kier molecular flexibility index (Phi) is 10.8. The van der Waals surface area contributed by atoms with Crippen LogP contribution in [-0.4, -0.2) is 22.0 Å². The molecule has 0 atom stereocenters. The first-order valence-corrected chi connectivity index (χ1v) is 16.4. The number of carbonyl (C=O) groups is 2. The molecule has 0 saturated carbocycles. The van der Waals surface area contributed by atoms with Crippen LogP contribution in [0.1, 0.15) is 12.5 Å². The van der Waals surface area contributed by atoms with Crippen molar-refractivity contribution in [3.8, 4) is 17.0 Å². The number of benzene rings is 5. The van der Waals surface area contributed by atoms with E-state index in [9.17, 15) is 9.59 Å². The van der Waals surface area contributed by atoms with Gasteiger partial charge in [-0.2, -0.15) is 4.57 Å². The highest BCUT2D eigenvalue weighted by atomic mass is 31.2. The Hall–Kier alpha value is -5.58. The van der Waals surface area contributed by atoms with Crippen molar-refractivity contribution >= 4 is 53.1 Å². The molecule has 0 radical (unpaired) electrons. The van der Waals surface area contributed by atoms with Crippen molar-refractivity contribution in [2.75, 3.05) is 10.6 Å². The van der Waals surface area contributed by atoms with Gasteiger partial charge in [-0.3, -0.25) is 15.2 Å². The normalized spacial score (nSPS) is 10.9. The first-order valence-electron chi connectivity index (χ1n) is 14.9. The molecule has 12 heteroatoms. The Morgan fingerprint density at radius 3 is 1.90 bits per heavy atom. The summed E-state index contributed by atoms with van der Waals surface area (Å²) in [6, 6.07) is 40.4. The third kappa shape index (κ3) is 9.03. The Bertz CT molecular complexity index is 2080. The van der Waals surface area contributed by atoms with Crippen molar-refractivity contribution in [2.45, 2.75) is 20.1 Å². The predicted octanol–water partition coefficient (Wildman–Crippen LogP) is 6.77. The number of para-hydroxylation sites is 1. The summed E-state index contributed by atoms with van der Waals surface area (Å²) in [5.74, 6) is 0.468. The summed E-state index contributed by atoms with van der Waals surface area (Å²) in [7, 11) is -4.89. The lowest BCUT2D eigenvalue weighted by atomic mass is 9.98. The summed E-state index contributed by atoms with van der Waals surface area (Å²) < 4.78 is 21.9. The molecule has 0 aliphatic rings. The van der Waals surface area contributed by atoms with Crippen molar-refractivity contribution < 1.29 is 42.9 Å². The van der Waals surface area contributed by atoms with Gasteiger partial charge in [0.2, 0.25) is 11.2 Å². The van der Waals surface area contributed by atoms with Crippen LogP contribution in [0.2, 0.25) is 0 Å². The third-order valence-corrected chi connectivity index (χ3v) is 7.15. The standard InChI is InChI=1S/C36H29N3O4.H3O4P/c1-2-39-33-23-28(38-36(41)43-29-16-10-5-11-17-29)19-21-31(33)30-20-18-27(22-32(30)34(39)26-14-8-4-9-15-26)37-35(40)42-24-25-12-6-3-7-13-25;1-5(2,3)4/h3-23H,2,24H2,1H3,(H,37,40);(H3,1,2,3,4). The molecule has 48 heavy (non-hydrogen) atoms. The number of ether oxygens (including phenoxy) is 2. The topological polar surface area (TPSA) is 161 Å². The zero-order chi connectivity index (χ0) is 34.1. The van der Waals surface area contributed by atoms with Crippen molar-refractivity contribution in [2.24, 2.45) is 0 Å². The van der Waals surface area contributed by atoms with Gasteiger partial charge in [0.05, 0.1) is 16.5 Å². The van der Waals surface area contributed by atoms with Gasteiger partial charge < -0.3 is 24.2 Å². The number of hydrogen-bond donors (Lipinski definition) is 4. The Morgan fingerprint density at radius 1 is 0.729 bits per heavy atom. The monoisotopic (exact) mass is 665 g/mol. The van der Waals surface area contributed by atoms with Gasteiger partial charge in [0, 0.05) is 22.7 Å². The molecule has 0 spiro atoms. The van der Waals surface area contributed by atoms with E-state index in [0.717, 1.165) is 38.5 Å². The molecular weight excluding hydrogens is 633 g/mol. The SMILES string of the molecule is CC[n+]1c(-c2ccccc2)c2cc(NC(=O)OCc3ccccc3)ccc2c2ccc(NC(=O)Oc3ccccc3)cc21.O=P([O-])(O)O. The molecule has 0 fully saturated rings. The summed E-state index contributed by atoms with van der Waals surface area (Å²) in [6.07, 6.45) is -1.08. The summed E-state index contributed by atoms with van der Waals surface area (Å²) in [4.78, 5) is 48.2. The molecule has 244 valence electrons. The van der Waals surface area contributed by atoms with E-state index in [1.54, 1.807) is 12.1 Å². The smallest absolute Gasteiger partial charge is 0.417 e. The van der Waals surface area contributed by atoms with Crippen LogP contribution in [0.15, 0.2) is 127 Å². The van der Waals surface area contributed by atoms with E-state index in [1.807, 2.05) is 103 Å². The lowest BCUT2D eigenvalue weighted by Crippen LogP contribution is -2.36. The summed E-state index contributed by atoms with van der Waals surface area (Å²) in [5, 5.41) is 8.75. The lowest BCUT2D eigenvalue weighted by molar-refractivity contribution is -0.655. The second-order valence-electron chi connectivity index (χ2n) is 10.5. The predicted molar refractivity (Wildman–Crippen MR) is 181 cm³/mol. The van der Waals surface area contributed by atoms with Crippen molar-refractivity contribution in [3.63, 3.8) is 0 Å². The van der Waals surface area contributed by atoms with Crippen LogP contribution in [0.3, 0.4) is 0 Å². The Balaban J connectivity index is 0.000000840. The average molecular weight is 666 g/mol. The van der Waals surface area contributed by atoms with Crippen molar-refractivity contribution in [1.82, 2.24) is 0 Å². The fourth-order valence-electron chi connectivity index (χ4n) is 5.23. The van der Waals surface area contributed by atoms with E-state index >= 15 is 0 Å². The zero-order valence-corrected chi connectivity index (χ0v) is 26.7. The number of pyridine rings is 1. The number of hydrogen-bond acceptors (Lipinski definition) is 6. The average Bonchev–Trinajstić information content (AvgIpc) is 3.07. The molecule has 0 bridgehead atoms. The minimum atomic E-state index is -4.89. The highest BCUT2D eigenvalue weighted by Gasteiger charge is 2.23. The second-order valence-corrected chi connectivity index (χ2v) is 11.4. The molecule has 0 saturated heterocycles. The zero-order valence-electron chi connectivity index (χ0n) is 25.8. The number of aryl methyl sites for hydroxylation is 1. The molecule has 1 aromatic heterocycles. The Morgan fingerprint density at radius 2 is 1.27 bits per heavy atom. The fourth-order valence-corrected chi connectivity index (χ4v) is 5.23. The maximum absolute atomic E-state index is 12.7. The first-order chi connectivity index (χ1) is 23.1. The van der Waals surface area contributed by atoms with Gasteiger partial charge in [0.15, 0.2) is 0 Å². The largest absolute Gasteiger partial charge is 0.756 e. The van der Waals surface area contributed by atoms with Gasteiger partial charge in [-0.25, -0.2) is 9.59 Å². The number of carbonyl (C=O) groups excluding carboxylic acids is 2. The quantitative estimate of drug-likeness (QED) is 0.0826. The number of amides is 2. The molecule has 2 amide bonds. The molecule has 5 aromatic carbocycles. The van der Waals surface area contributed by atoms with E-state index in [2.05, 4.69) is 34.3 Å². The van der Waals surface area contributed by atoms with Crippen LogP contribution < -0.4 is 24.8 Å². The third-order valence-electron chi connectivity index (χ3n) is 7.15. The maximum atomic E-state index is 12.7. The molecule has 0 unspecified atom stereocenters. The minimum Gasteiger partial charge on any atom is -0.756 e. The molecular formula is C36H32N3O8P. The first kappa shape index (κ1) is 33.8. The molecule has 11 nitrogen and oxygen atoms in total. The second kappa shape index (κ2) is 15.3. The van der Waals surface area contributed by atoms with E-state index in [4.69, 9.17) is 28.7 Å². The van der Waals surface area contributed by atoms with Gasteiger partial charge in [-0.15, -0.1) is 0 Å². The van der Waals surface area contributed by atoms with Crippen molar-refractivity contribution in [1.29, 1.82) is 0 Å². The number of nitrogens with zero attached hydrogens (tertiary/aromatic N) is 1. The highest BCUT2D eigenvalue weighted by Crippen LogP contribution is 2.34. The molecule has 0 aliphatic heterocycles. The number of fused-ring (bicyclic) bond motifs is 3. The summed E-state index contributed by atoms with van der Waals surface area (Å²) in [5.41, 5.74) is 5.15. The van der Waals surface area contributed by atoms with Gasteiger partial charge in [0.25, 0.3) is 7.82 Å². The number of nitrogens with one attached hydrogen (secondary N) is 2. The van der Waals surface area contributed by atoms with Crippen LogP contribution >= 0.6 is 7.82 Å². The van der Waals surface area contributed by atoms with Crippen LogP contribution in [0.5, 0.6) is 5.75 Å². The molecule has 6 rings (SSSR count). The van der Waals surface area contributed by atoms with Crippen LogP contribution in [0, 0.1) is 0 Å². The number of anilines is 2. The summed E-state index contributed by atoms with van der Waals surface area (Å²) >= 11 is 0. The minimum absolute atomic E-state index is 0.186. The highest BCUT2D eigenvalue weighted by molar-refractivity contribution is 7.43. The number of aromatic nitrogens is 1. The van der Waals surface area contributed by atoms with E-state index in [-0.39, 0.29) is 6.61 Å². The maximum Gasteiger partial charge on any atom is 0.417 e.